The van der Waals surface area contributed by atoms with Crippen LogP contribution in [0.25, 0.3) is 0 Å². The average molecular weight is 284 g/mol. The fraction of sp³-hybridized carbons (Fsp3) is 0.571. The van der Waals surface area contributed by atoms with Gasteiger partial charge in [0.2, 0.25) is 6.23 Å². The highest BCUT2D eigenvalue weighted by Crippen LogP contribution is 2.27. The van der Waals surface area contributed by atoms with Crippen LogP contribution in [0.1, 0.15) is 31.7 Å². The molecular weight excluding hydrogens is 262 g/mol. The zero-order valence-corrected chi connectivity index (χ0v) is 12.1. The highest BCUT2D eigenvalue weighted by atomic mass is 32.2. The summed E-state index contributed by atoms with van der Waals surface area (Å²) in [5, 5.41) is 0. The van der Waals surface area contributed by atoms with Crippen molar-refractivity contribution < 1.29 is 17.4 Å². The first-order valence-electron chi connectivity index (χ1n) is 6.80. The second kappa shape index (κ2) is 6.61. The van der Waals surface area contributed by atoms with E-state index in [9.17, 15) is 4.21 Å². The van der Waals surface area contributed by atoms with Gasteiger partial charge in [0.15, 0.2) is 0 Å². The molecule has 0 aromatic heterocycles. The fourth-order valence-corrected chi connectivity index (χ4v) is 3.37. The third-order valence-electron chi connectivity index (χ3n) is 4.04. The lowest BCUT2D eigenvalue weighted by Crippen LogP contribution is -2.57. The van der Waals surface area contributed by atoms with Crippen LogP contribution >= 0.6 is 0 Å². The van der Waals surface area contributed by atoms with Gasteiger partial charge in [-0.05, 0) is 19.3 Å². The van der Waals surface area contributed by atoms with Gasteiger partial charge >= 0.3 is 11.4 Å². The molecule has 1 saturated heterocycles. The summed E-state index contributed by atoms with van der Waals surface area (Å²) in [5.74, 6) is 0. The van der Waals surface area contributed by atoms with Gasteiger partial charge in [-0.25, -0.2) is 4.18 Å². The van der Waals surface area contributed by atoms with Gasteiger partial charge in [-0.15, -0.1) is 0 Å². The van der Waals surface area contributed by atoms with Gasteiger partial charge in [-0.3, -0.25) is 9.04 Å². The van der Waals surface area contributed by atoms with Crippen molar-refractivity contribution in [1.82, 2.24) is 0 Å². The molecule has 0 saturated carbocycles. The van der Waals surface area contributed by atoms with Crippen LogP contribution in [-0.4, -0.2) is 32.6 Å². The summed E-state index contributed by atoms with van der Waals surface area (Å²) < 4.78 is 25.8. The molecule has 1 aromatic rings. The molecule has 0 amide bonds. The number of hydrogen-bond donors (Lipinski definition) is 1. The van der Waals surface area contributed by atoms with Gasteiger partial charge in [-0.2, -0.15) is 4.21 Å². The van der Waals surface area contributed by atoms with Crippen LogP contribution in [0, 0.1) is 0 Å². The van der Waals surface area contributed by atoms with E-state index >= 15 is 0 Å². The molecule has 2 rings (SSSR count). The Morgan fingerprint density at radius 2 is 1.89 bits per heavy atom. The molecule has 1 heterocycles. The van der Waals surface area contributed by atoms with Crippen molar-refractivity contribution in [3.63, 3.8) is 0 Å². The zero-order chi connectivity index (χ0) is 13.7. The molecule has 1 aromatic carbocycles. The van der Waals surface area contributed by atoms with Crippen LogP contribution in [0.5, 0.6) is 0 Å². The molecule has 2 atom stereocenters. The van der Waals surface area contributed by atoms with Crippen LogP contribution in [0.4, 0.5) is 0 Å². The van der Waals surface area contributed by atoms with Gasteiger partial charge in [-0.1, -0.05) is 30.3 Å². The molecule has 0 radical (unpaired) electrons. The van der Waals surface area contributed by atoms with Crippen molar-refractivity contribution in [2.75, 3.05) is 13.1 Å². The van der Waals surface area contributed by atoms with Gasteiger partial charge in [0, 0.05) is 12.5 Å². The Balaban J connectivity index is 2.16. The van der Waals surface area contributed by atoms with Crippen molar-refractivity contribution in [1.29, 1.82) is 0 Å². The second-order valence-corrected chi connectivity index (χ2v) is 5.91. The minimum atomic E-state index is -2.20. The Bertz CT molecular complexity index is 418. The standard InChI is InChI=1S/C14H21NO3S/c1-13(18-19(16)17)15(10-6-3-7-11-15)12-14-8-4-2-5-9-14/h2,4-5,8-9,13H,3,6-7,10-12H2,1H3/p+1. The number of benzene rings is 1. The summed E-state index contributed by atoms with van der Waals surface area (Å²) in [6, 6.07) is 10.3. The number of hydrogen-bond acceptors (Lipinski definition) is 2. The van der Waals surface area contributed by atoms with Gasteiger partial charge in [0.05, 0.1) is 13.1 Å². The molecule has 1 aliphatic rings. The molecule has 1 aliphatic heterocycles. The number of rotatable bonds is 5. The number of piperidine rings is 1. The number of likely N-dealkylation sites (tertiary alicyclic amines) is 1. The summed E-state index contributed by atoms with van der Waals surface area (Å²) >= 11 is -2.20. The molecular formula is C14H22NO3S+. The molecule has 0 aliphatic carbocycles. The highest BCUT2D eigenvalue weighted by molar-refractivity contribution is 7.74. The summed E-state index contributed by atoms with van der Waals surface area (Å²) in [7, 11) is 0. The Morgan fingerprint density at radius 1 is 1.26 bits per heavy atom. The lowest BCUT2D eigenvalue weighted by molar-refractivity contribution is -0.981. The molecule has 5 heteroatoms. The van der Waals surface area contributed by atoms with Crippen molar-refractivity contribution >= 4 is 11.4 Å². The second-order valence-electron chi connectivity index (χ2n) is 5.28. The lowest BCUT2D eigenvalue weighted by Gasteiger charge is -2.44. The highest BCUT2D eigenvalue weighted by Gasteiger charge is 2.37. The van der Waals surface area contributed by atoms with E-state index in [4.69, 9.17) is 8.74 Å². The Labute approximate surface area is 117 Å². The first-order chi connectivity index (χ1) is 9.12. The normalized spacial score (nSPS) is 21.8. The van der Waals surface area contributed by atoms with E-state index in [0.717, 1.165) is 37.0 Å². The monoisotopic (exact) mass is 284 g/mol. The molecule has 4 nitrogen and oxygen atoms in total. The molecule has 19 heavy (non-hydrogen) atoms. The van der Waals surface area contributed by atoms with Gasteiger partial charge in [0.1, 0.15) is 6.54 Å². The largest absolute Gasteiger partial charge is 0.306 e. The SMILES string of the molecule is CC(OS(=O)O)[N+]1(Cc2ccccc2)CCCCC1. The van der Waals surface area contributed by atoms with Crippen molar-refractivity contribution in [3.05, 3.63) is 35.9 Å². The summed E-state index contributed by atoms with van der Waals surface area (Å²) in [6.07, 6.45) is 3.28. The minimum Gasteiger partial charge on any atom is -0.294 e. The Hall–Kier alpha value is -0.750. The van der Waals surface area contributed by atoms with Crippen molar-refractivity contribution in [2.45, 2.75) is 39.0 Å². The molecule has 0 bridgehead atoms. The fourth-order valence-electron chi connectivity index (χ4n) is 2.95. The lowest BCUT2D eigenvalue weighted by atomic mass is 10.0. The first kappa shape index (κ1) is 14.7. The summed E-state index contributed by atoms with van der Waals surface area (Å²) in [6.45, 7) is 4.78. The molecule has 1 N–H and O–H groups in total. The van der Waals surface area contributed by atoms with Crippen LogP contribution in [-0.2, 0) is 22.1 Å². The molecule has 2 unspecified atom stereocenters. The third-order valence-corrected chi connectivity index (χ3v) is 4.48. The van der Waals surface area contributed by atoms with Gasteiger partial charge in [0.25, 0.3) is 0 Å². The quantitative estimate of drug-likeness (QED) is 0.668. The number of quaternary nitrogens is 1. The number of nitrogens with zero attached hydrogens (tertiary/aromatic N) is 1. The maximum atomic E-state index is 10.9. The van der Waals surface area contributed by atoms with E-state index in [2.05, 4.69) is 12.1 Å². The van der Waals surface area contributed by atoms with E-state index in [1.54, 1.807) is 0 Å². The Morgan fingerprint density at radius 3 is 2.47 bits per heavy atom. The molecule has 1 fully saturated rings. The molecule has 0 spiro atoms. The summed E-state index contributed by atoms with van der Waals surface area (Å²) in [5.41, 5.74) is 1.25. The van der Waals surface area contributed by atoms with Gasteiger partial charge < -0.3 is 0 Å². The smallest absolute Gasteiger partial charge is 0.294 e. The predicted molar refractivity (Wildman–Crippen MR) is 75.3 cm³/mol. The minimum absolute atomic E-state index is 0.258. The third kappa shape index (κ3) is 3.86. The zero-order valence-electron chi connectivity index (χ0n) is 11.3. The first-order valence-corrected chi connectivity index (χ1v) is 7.83. The maximum absolute atomic E-state index is 10.9. The topological polar surface area (TPSA) is 46.5 Å². The van der Waals surface area contributed by atoms with E-state index in [1.165, 1.54) is 12.0 Å². The van der Waals surface area contributed by atoms with E-state index in [0.29, 0.717) is 0 Å². The summed E-state index contributed by atoms with van der Waals surface area (Å²) in [4.78, 5) is 0. The van der Waals surface area contributed by atoms with Crippen LogP contribution in [0.3, 0.4) is 0 Å². The van der Waals surface area contributed by atoms with Crippen LogP contribution in [0.2, 0.25) is 0 Å². The maximum Gasteiger partial charge on any atom is 0.306 e. The average Bonchev–Trinajstić information content (AvgIpc) is 2.40. The van der Waals surface area contributed by atoms with Crippen molar-refractivity contribution in [3.8, 4) is 0 Å². The van der Waals surface area contributed by atoms with Crippen LogP contribution < -0.4 is 0 Å². The van der Waals surface area contributed by atoms with E-state index in [1.807, 2.05) is 25.1 Å². The van der Waals surface area contributed by atoms with E-state index in [-0.39, 0.29) is 6.23 Å². The predicted octanol–water partition coefficient (Wildman–Crippen LogP) is 2.69. The molecule has 106 valence electrons. The van der Waals surface area contributed by atoms with Crippen molar-refractivity contribution in [2.24, 2.45) is 0 Å². The van der Waals surface area contributed by atoms with Crippen LogP contribution in [0.15, 0.2) is 30.3 Å². The van der Waals surface area contributed by atoms with E-state index < -0.39 is 11.4 Å². The Kier molecular flexibility index (Phi) is 5.10.